The minimum absolute atomic E-state index is 0. The van der Waals surface area contributed by atoms with E-state index in [-0.39, 0.29) is 42.8 Å². The van der Waals surface area contributed by atoms with Gasteiger partial charge in [0.25, 0.3) is 5.91 Å². The number of rotatable bonds is 3. The zero-order valence-electron chi connectivity index (χ0n) is 17.4. The second-order valence-electron chi connectivity index (χ2n) is 8.50. The van der Waals surface area contributed by atoms with Crippen LogP contribution in [0.1, 0.15) is 48.3 Å². The van der Waals surface area contributed by atoms with Crippen LogP contribution in [-0.2, 0) is 0 Å². The first-order chi connectivity index (χ1) is 14.1. The van der Waals surface area contributed by atoms with Crippen molar-refractivity contribution < 1.29 is 4.79 Å². The van der Waals surface area contributed by atoms with Gasteiger partial charge in [-0.2, -0.15) is 0 Å². The highest BCUT2D eigenvalue weighted by molar-refractivity contribution is 5.93. The molecule has 0 saturated heterocycles. The maximum Gasteiger partial charge on any atom is 0.274 e. The number of aromatic nitrogens is 4. The highest BCUT2D eigenvalue weighted by Crippen LogP contribution is 2.39. The van der Waals surface area contributed by atoms with Crippen molar-refractivity contribution in [3.8, 4) is 5.69 Å². The Kier molecular flexibility index (Phi) is 7.19. The van der Waals surface area contributed by atoms with Crippen molar-refractivity contribution in [3.05, 3.63) is 47.9 Å². The SMILES string of the molecule is Cc1c(C(=O)NC2C3CCCC2CC(N)C3)nnn1-c1ccc2ncccc2c1.Cl.Cl. The molecule has 2 aromatic heterocycles. The summed E-state index contributed by atoms with van der Waals surface area (Å²) in [5.74, 6) is 0.822. The van der Waals surface area contributed by atoms with Crippen LogP contribution >= 0.6 is 24.8 Å². The van der Waals surface area contributed by atoms with Gasteiger partial charge in [0.05, 0.1) is 16.9 Å². The molecule has 31 heavy (non-hydrogen) atoms. The van der Waals surface area contributed by atoms with Gasteiger partial charge in [0.15, 0.2) is 5.69 Å². The number of nitrogens with one attached hydrogen (secondary N) is 1. The third kappa shape index (κ3) is 4.40. The summed E-state index contributed by atoms with van der Waals surface area (Å²) in [6, 6.07) is 10.3. The van der Waals surface area contributed by atoms with E-state index >= 15 is 0 Å². The Labute approximate surface area is 194 Å². The molecule has 1 aromatic carbocycles. The highest BCUT2D eigenvalue weighted by atomic mass is 35.5. The van der Waals surface area contributed by atoms with E-state index in [4.69, 9.17) is 5.73 Å². The van der Waals surface area contributed by atoms with Gasteiger partial charge in [0.2, 0.25) is 0 Å². The fraction of sp³-hybridized carbons (Fsp3) is 0.455. The Bertz CT molecular complexity index is 1060. The second-order valence-corrected chi connectivity index (χ2v) is 8.50. The fourth-order valence-electron chi connectivity index (χ4n) is 5.22. The van der Waals surface area contributed by atoms with Crippen LogP contribution in [0.2, 0.25) is 0 Å². The van der Waals surface area contributed by atoms with Crippen LogP contribution in [0.25, 0.3) is 16.6 Å². The molecule has 2 heterocycles. The van der Waals surface area contributed by atoms with Crippen LogP contribution in [0.15, 0.2) is 36.5 Å². The van der Waals surface area contributed by atoms with E-state index in [1.165, 1.54) is 6.42 Å². The summed E-state index contributed by atoms with van der Waals surface area (Å²) < 4.78 is 1.72. The number of carbonyl (C=O) groups excluding carboxylic acids is 1. The smallest absolute Gasteiger partial charge is 0.274 e. The van der Waals surface area contributed by atoms with E-state index < -0.39 is 0 Å². The molecule has 2 aliphatic rings. The molecule has 0 spiro atoms. The summed E-state index contributed by atoms with van der Waals surface area (Å²) in [6.07, 6.45) is 7.30. The van der Waals surface area contributed by atoms with Crippen LogP contribution in [0, 0.1) is 18.8 Å². The Morgan fingerprint density at radius 1 is 1.16 bits per heavy atom. The zero-order chi connectivity index (χ0) is 20.0. The number of halogens is 2. The van der Waals surface area contributed by atoms with E-state index in [2.05, 4.69) is 20.6 Å². The molecule has 2 atom stereocenters. The van der Waals surface area contributed by atoms with Gasteiger partial charge in [-0.25, -0.2) is 4.68 Å². The van der Waals surface area contributed by atoms with Gasteiger partial charge < -0.3 is 11.1 Å². The van der Waals surface area contributed by atoms with Crippen molar-refractivity contribution in [2.24, 2.45) is 17.6 Å². The third-order valence-electron chi connectivity index (χ3n) is 6.62. The van der Waals surface area contributed by atoms with Gasteiger partial charge >= 0.3 is 0 Å². The lowest BCUT2D eigenvalue weighted by molar-refractivity contribution is 0.0751. The predicted octanol–water partition coefficient (Wildman–Crippen LogP) is 3.60. The maximum atomic E-state index is 13.0. The van der Waals surface area contributed by atoms with Gasteiger partial charge in [0, 0.05) is 23.7 Å². The first-order valence-corrected chi connectivity index (χ1v) is 10.4. The van der Waals surface area contributed by atoms with E-state index in [0.717, 1.165) is 48.0 Å². The number of nitrogens with zero attached hydrogens (tertiary/aromatic N) is 4. The van der Waals surface area contributed by atoms with Gasteiger partial charge in [-0.05, 0) is 68.7 Å². The molecule has 1 amide bonds. The maximum absolute atomic E-state index is 13.0. The molecule has 0 radical (unpaired) electrons. The van der Waals surface area contributed by atoms with Crippen molar-refractivity contribution in [2.45, 2.75) is 51.1 Å². The molecular formula is C22H28Cl2N6O. The number of fused-ring (bicyclic) bond motifs is 3. The quantitative estimate of drug-likeness (QED) is 0.619. The number of benzene rings is 1. The van der Waals surface area contributed by atoms with E-state index in [1.54, 1.807) is 10.9 Å². The van der Waals surface area contributed by atoms with Gasteiger partial charge in [0.1, 0.15) is 0 Å². The zero-order valence-corrected chi connectivity index (χ0v) is 19.0. The second kappa shape index (κ2) is 9.51. The summed E-state index contributed by atoms with van der Waals surface area (Å²) in [5, 5.41) is 12.8. The average Bonchev–Trinajstić information content (AvgIpc) is 3.10. The lowest BCUT2D eigenvalue weighted by Gasteiger charge is -2.45. The molecule has 3 aromatic rings. The first-order valence-electron chi connectivity index (χ1n) is 10.4. The van der Waals surface area contributed by atoms with Crippen LogP contribution in [0.5, 0.6) is 0 Å². The van der Waals surface area contributed by atoms with Crippen molar-refractivity contribution in [1.29, 1.82) is 0 Å². The number of hydrogen-bond acceptors (Lipinski definition) is 5. The number of amides is 1. The van der Waals surface area contributed by atoms with Gasteiger partial charge in [-0.1, -0.05) is 17.7 Å². The summed E-state index contributed by atoms with van der Waals surface area (Å²) in [5.41, 5.74) is 9.15. The van der Waals surface area contributed by atoms with Crippen molar-refractivity contribution in [1.82, 2.24) is 25.3 Å². The fourth-order valence-corrected chi connectivity index (χ4v) is 5.22. The molecule has 2 fully saturated rings. The minimum atomic E-state index is -0.131. The Hall–Kier alpha value is -2.22. The van der Waals surface area contributed by atoms with Crippen molar-refractivity contribution >= 4 is 41.6 Å². The minimum Gasteiger partial charge on any atom is -0.347 e. The van der Waals surface area contributed by atoms with Crippen LogP contribution in [-0.4, -0.2) is 38.0 Å². The largest absolute Gasteiger partial charge is 0.347 e. The summed E-state index contributed by atoms with van der Waals surface area (Å²) in [4.78, 5) is 17.4. The lowest BCUT2D eigenvalue weighted by Crippen LogP contribution is -2.53. The van der Waals surface area contributed by atoms with E-state index in [9.17, 15) is 4.79 Å². The molecular weight excluding hydrogens is 435 g/mol. The monoisotopic (exact) mass is 462 g/mol. The van der Waals surface area contributed by atoms with Gasteiger partial charge in [-0.15, -0.1) is 29.9 Å². The number of pyridine rings is 1. The number of nitrogens with two attached hydrogens (primary N) is 1. The Morgan fingerprint density at radius 2 is 1.90 bits per heavy atom. The topological polar surface area (TPSA) is 98.7 Å². The Morgan fingerprint density at radius 3 is 2.65 bits per heavy atom. The molecule has 2 aliphatic carbocycles. The standard InChI is InChI=1S/C22H26N6O.2ClH/c1-13-20(22(29)25-21-15-4-2-5-16(21)11-17(23)10-15)26-27-28(13)18-7-8-19-14(12-18)6-3-9-24-19;;/h3,6-9,12,15-17,21H,2,4-5,10-11,23H2,1H3,(H,25,29);2*1H. The molecule has 3 N–H and O–H groups in total. The highest BCUT2D eigenvalue weighted by Gasteiger charge is 2.40. The van der Waals surface area contributed by atoms with Crippen LogP contribution in [0.4, 0.5) is 0 Å². The van der Waals surface area contributed by atoms with Crippen molar-refractivity contribution in [2.75, 3.05) is 0 Å². The lowest BCUT2D eigenvalue weighted by atomic mass is 9.67. The molecule has 2 unspecified atom stereocenters. The van der Waals surface area contributed by atoms with Gasteiger partial charge in [-0.3, -0.25) is 9.78 Å². The van der Waals surface area contributed by atoms with Crippen LogP contribution in [0.3, 0.4) is 0 Å². The molecule has 9 heteroatoms. The number of carbonyl (C=O) groups is 1. The predicted molar refractivity (Wildman–Crippen MR) is 125 cm³/mol. The molecule has 166 valence electrons. The Balaban J connectivity index is 0.00000136. The number of hydrogen-bond donors (Lipinski definition) is 2. The van der Waals surface area contributed by atoms with Crippen LogP contribution < -0.4 is 11.1 Å². The molecule has 7 nitrogen and oxygen atoms in total. The van der Waals surface area contributed by atoms with E-state index in [1.807, 2.05) is 37.3 Å². The normalized spacial score (nSPS) is 24.7. The molecule has 0 aliphatic heterocycles. The average molecular weight is 463 g/mol. The molecule has 2 saturated carbocycles. The summed E-state index contributed by atoms with van der Waals surface area (Å²) in [6.45, 7) is 1.89. The molecule has 2 bridgehead atoms. The van der Waals surface area contributed by atoms with Crippen molar-refractivity contribution in [3.63, 3.8) is 0 Å². The van der Waals surface area contributed by atoms with E-state index in [0.29, 0.717) is 17.5 Å². The first kappa shape index (κ1) is 23.4. The third-order valence-corrected chi connectivity index (χ3v) is 6.62. The summed E-state index contributed by atoms with van der Waals surface area (Å²) in [7, 11) is 0. The summed E-state index contributed by atoms with van der Waals surface area (Å²) >= 11 is 0. The molecule has 5 rings (SSSR count).